The van der Waals surface area contributed by atoms with Crippen LogP contribution in [0.2, 0.25) is 0 Å². The summed E-state index contributed by atoms with van der Waals surface area (Å²) >= 11 is 0. The number of methoxy groups -OCH3 is 1. The number of aryl methyl sites for hydroxylation is 1. The van der Waals surface area contributed by atoms with Crippen molar-refractivity contribution in [2.45, 2.75) is 13.3 Å². The van der Waals surface area contributed by atoms with Crippen molar-refractivity contribution >= 4 is 12.0 Å². The topological polar surface area (TPSA) is 56.1 Å². The molecule has 0 bridgehead atoms. The molecule has 0 radical (unpaired) electrons. The molecular weight excluding hydrogens is 170 g/mol. The molecule has 1 aromatic heterocycles. The summed E-state index contributed by atoms with van der Waals surface area (Å²) in [5.41, 5.74) is 1.06. The van der Waals surface area contributed by atoms with Gasteiger partial charge in [-0.15, -0.1) is 0 Å². The van der Waals surface area contributed by atoms with E-state index in [4.69, 9.17) is 0 Å². The maximum absolute atomic E-state index is 10.8. The minimum Gasteiger partial charge on any atom is -0.453 e. The fourth-order valence-corrected chi connectivity index (χ4v) is 1.03. The van der Waals surface area contributed by atoms with Crippen LogP contribution in [0.4, 0.5) is 10.7 Å². The lowest BCUT2D eigenvalue weighted by atomic mass is 10.4. The molecule has 0 unspecified atom stereocenters. The summed E-state index contributed by atoms with van der Waals surface area (Å²) < 4.78 is 6.27. The molecule has 72 valence electrons. The molecule has 1 amide bonds. The number of nitrogens with one attached hydrogen (secondary N) is 1. The van der Waals surface area contributed by atoms with Crippen molar-refractivity contribution in [2.75, 3.05) is 12.4 Å². The Morgan fingerprint density at radius 1 is 1.77 bits per heavy atom. The molecule has 13 heavy (non-hydrogen) atoms. The predicted molar refractivity (Wildman–Crippen MR) is 48.6 cm³/mol. The Bertz CT molecular complexity index is 306. The van der Waals surface area contributed by atoms with Crippen LogP contribution in [0.25, 0.3) is 0 Å². The first-order valence-corrected chi connectivity index (χ1v) is 4.04. The maximum Gasteiger partial charge on any atom is 0.413 e. The summed E-state index contributed by atoms with van der Waals surface area (Å²) in [6, 6.07) is 0. The number of carbonyl (C=O) groups excluding carboxylic acids is 1. The van der Waals surface area contributed by atoms with Gasteiger partial charge in [0, 0.05) is 12.7 Å². The van der Waals surface area contributed by atoms with E-state index in [0.717, 1.165) is 12.1 Å². The molecule has 0 aliphatic carbocycles. The maximum atomic E-state index is 10.8. The molecule has 0 atom stereocenters. The zero-order valence-electron chi connectivity index (χ0n) is 8.00. The summed E-state index contributed by atoms with van der Waals surface area (Å²) in [4.78, 5) is 14.9. The van der Waals surface area contributed by atoms with Crippen LogP contribution in [-0.2, 0) is 18.2 Å². The number of aromatic nitrogens is 2. The predicted octanol–water partition coefficient (Wildman–Crippen LogP) is 1.16. The van der Waals surface area contributed by atoms with Gasteiger partial charge in [-0.1, -0.05) is 6.92 Å². The first kappa shape index (κ1) is 9.57. The summed E-state index contributed by atoms with van der Waals surface area (Å²) in [6.45, 7) is 2.03. The Balaban J connectivity index is 2.78. The number of carbonyl (C=O) groups is 1. The van der Waals surface area contributed by atoms with Crippen LogP contribution >= 0.6 is 0 Å². The van der Waals surface area contributed by atoms with E-state index in [1.54, 1.807) is 6.20 Å². The van der Waals surface area contributed by atoms with Crippen molar-refractivity contribution < 1.29 is 9.53 Å². The van der Waals surface area contributed by atoms with E-state index in [1.807, 2.05) is 18.5 Å². The summed E-state index contributed by atoms with van der Waals surface area (Å²) in [6.07, 6.45) is 2.11. The molecule has 5 heteroatoms. The molecule has 1 heterocycles. The summed E-state index contributed by atoms with van der Waals surface area (Å²) in [5.74, 6) is 0.503. The molecule has 0 aliphatic rings. The first-order chi connectivity index (χ1) is 6.19. The van der Waals surface area contributed by atoms with Gasteiger partial charge in [-0.05, 0) is 6.42 Å². The molecule has 0 aliphatic heterocycles. The molecule has 0 aromatic carbocycles. The smallest absolute Gasteiger partial charge is 0.413 e. The molecule has 0 fully saturated rings. The van der Waals surface area contributed by atoms with Gasteiger partial charge >= 0.3 is 6.09 Å². The summed E-state index contributed by atoms with van der Waals surface area (Å²) in [5, 5.41) is 2.51. The number of ether oxygens (including phenoxy) is 1. The molecule has 0 saturated carbocycles. The highest BCUT2D eigenvalue weighted by Gasteiger charge is 2.07. The van der Waals surface area contributed by atoms with Crippen molar-refractivity contribution in [2.24, 2.45) is 7.05 Å². The Kier molecular flexibility index (Phi) is 2.89. The fraction of sp³-hybridized carbons (Fsp3) is 0.500. The third kappa shape index (κ3) is 1.99. The van der Waals surface area contributed by atoms with Crippen LogP contribution in [0.15, 0.2) is 6.20 Å². The van der Waals surface area contributed by atoms with E-state index < -0.39 is 6.09 Å². The van der Waals surface area contributed by atoms with Crippen molar-refractivity contribution in [3.63, 3.8) is 0 Å². The molecule has 5 nitrogen and oxygen atoms in total. The molecule has 1 aromatic rings. The first-order valence-electron chi connectivity index (χ1n) is 4.04. The second-order valence-electron chi connectivity index (χ2n) is 2.60. The Labute approximate surface area is 76.7 Å². The lowest BCUT2D eigenvalue weighted by molar-refractivity contribution is 0.186. The third-order valence-electron chi connectivity index (χ3n) is 1.85. The van der Waals surface area contributed by atoms with Crippen molar-refractivity contribution in [3.8, 4) is 0 Å². The number of hydrogen-bond acceptors (Lipinski definition) is 3. The van der Waals surface area contributed by atoms with E-state index in [2.05, 4.69) is 15.0 Å². The van der Waals surface area contributed by atoms with Gasteiger partial charge in [0.15, 0.2) is 0 Å². The molecule has 1 rings (SSSR count). The van der Waals surface area contributed by atoms with Crippen LogP contribution in [0.5, 0.6) is 0 Å². The zero-order chi connectivity index (χ0) is 9.84. The number of rotatable bonds is 2. The average Bonchev–Trinajstić information content (AvgIpc) is 2.48. The van der Waals surface area contributed by atoms with Gasteiger partial charge in [-0.25, -0.2) is 9.78 Å². The number of imidazole rings is 1. The van der Waals surface area contributed by atoms with E-state index in [0.29, 0.717) is 5.95 Å². The monoisotopic (exact) mass is 183 g/mol. The van der Waals surface area contributed by atoms with Crippen LogP contribution < -0.4 is 5.32 Å². The highest BCUT2D eigenvalue weighted by atomic mass is 16.5. The summed E-state index contributed by atoms with van der Waals surface area (Å²) in [7, 11) is 3.16. The SMILES string of the molecule is CCc1cnc(NC(=O)OC)n1C. The normalized spacial score (nSPS) is 9.77. The second-order valence-corrected chi connectivity index (χ2v) is 2.60. The fourth-order valence-electron chi connectivity index (χ4n) is 1.03. The minimum absolute atomic E-state index is 0.503. The lowest BCUT2D eigenvalue weighted by Crippen LogP contribution is -2.14. The number of anilines is 1. The van der Waals surface area contributed by atoms with Crippen molar-refractivity contribution in [3.05, 3.63) is 11.9 Å². The Morgan fingerprint density at radius 3 is 2.92 bits per heavy atom. The minimum atomic E-state index is -0.503. The third-order valence-corrected chi connectivity index (χ3v) is 1.85. The van der Waals surface area contributed by atoms with E-state index in [-0.39, 0.29) is 0 Å². The van der Waals surface area contributed by atoms with Crippen LogP contribution in [0, 0.1) is 0 Å². The van der Waals surface area contributed by atoms with Gasteiger partial charge in [0.1, 0.15) is 0 Å². The van der Waals surface area contributed by atoms with Crippen LogP contribution in [0.3, 0.4) is 0 Å². The number of hydrogen-bond donors (Lipinski definition) is 1. The average molecular weight is 183 g/mol. The van der Waals surface area contributed by atoms with Gasteiger partial charge in [0.05, 0.1) is 13.3 Å². The molecule has 1 N–H and O–H groups in total. The van der Waals surface area contributed by atoms with Gasteiger partial charge in [-0.2, -0.15) is 0 Å². The Hall–Kier alpha value is -1.52. The molecular formula is C8H13N3O2. The van der Waals surface area contributed by atoms with Gasteiger partial charge in [0.2, 0.25) is 5.95 Å². The molecule has 0 spiro atoms. The largest absolute Gasteiger partial charge is 0.453 e. The van der Waals surface area contributed by atoms with E-state index in [9.17, 15) is 4.79 Å². The standard InChI is InChI=1S/C8H13N3O2/c1-4-6-5-9-7(11(6)2)10-8(12)13-3/h5H,4H2,1-3H3,(H,9,10,12). The number of amides is 1. The van der Waals surface area contributed by atoms with Gasteiger partial charge < -0.3 is 9.30 Å². The van der Waals surface area contributed by atoms with Gasteiger partial charge in [0.25, 0.3) is 0 Å². The zero-order valence-corrected chi connectivity index (χ0v) is 8.00. The molecule has 0 saturated heterocycles. The lowest BCUT2D eigenvalue weighted by Gasteiger charge is -2.04. The second kappa shape index (κ2) is 3.93. The van der Waals surface area contributed by atoms with Gasteiger partial charge in [-0.3, -0.25) is 5.32 Å². The van der Waals surface area contributed by atoms with Crippen molar-refractivity contribution in [1.82, 2.24) is 9.55 Å². The van der Waals surface area contributed by atoms with E-state index >= 15 is 0 Å². The van der Waals surface area contributed by atoms with Crippen molar-refractivity contribution in [1.29, 1.82) is 0 Å². The highest BCUT2D eigenvalue weighted by molar-refractivity contribution is 5.82. The number of nitrogens with zero attached hydrogens (tertiary/aromatic N) is 2. The van der Waals surface area contributed by atoms with Crippen LogP contribution in [0.1, 0.15) is 12.6 Å². The van der Waals surface area contributed by atoms with E-state index in [1.165, 1.54) is 7.11 Å². The Morgan fingerprint density at radius 2 is 2.46 bits per heavy atom. The highest BCUT2D eigenvalue weighted by Crippen LogP contribution is 2.08. The quantitative estimate of drug-likeness (QED) is 0.748. The van der Waals surface area contributed by atoms with Crippen LogP contribution in [-0.4, -0.2) is 22.8 Å².